The van der Waals surface area contributed by atoms with Crippen molar-refractivity contribution in [2.75, 3.05) is 6.61 Å². The highest BCUT2D eigenvalue weighted by atomic mass is 35.5. The van der Waals surface area contributed by atoms with Crippen LogP contribution in [0.4, 0.5) is 0 Å². The molecule has 0 saturated carbocycles. The molecule has 5 nitrogen and oxygen atoms in total. The number of hydrogen-bond acceptors (Lipinski definition) is 6. The molecule has 0 amide bonds. The Kier molecular flexibility index (Phi) is 5.21. The fourth-order valence-corrected chi connectivity index (χ4v) is 3.16. The van der Waals surface area contributed by atoms with Gasteiger partial charge in [-0.2, -0.15) is 0 Å². The Bertz CT molecular complexity index is 908. The molecule has 2 aromatic heterocycles. The van der Waals surface area contributed by atoms with Crippen molar-refractivity contribution in [2.45, 2.75) is 6.92 Å². The molecule has 0 bridgehead atoms. The lowest BCUT2D eigenvalue weighted by atomic mass is 10.1. The third-order valence-electron chi connectivity index (χ3n) is 3.37. The highest BCUT2D eigenvalue weighted by Crippen LogP contribution is 2.26. The number of ketones is 1. The number of hydrogen-bond donors (Lipinski definition) is 0. The number of nitrogens with zero attached hydrogens (tertiary/aromatic N) is 2. The van der Waals surface area contributed by atoms with Gasteiger partial charge in [0.1, 0.15) is 9.88 Å². The van der Waals surface area contributed by atoms with Gasteiger partial charge in [0, 0.05) is 16.8 Å². The summed E-state index contributed by atoms with van der Waals surface area (Å²) in [6.07, 6.45) is 1.66. The van der Waals surface area contributed by atoms with Crippen molar-refractivity contribution >= 4 is 34.7 Å². The van der Waals surface area contributed by atoms with E-state index in [9.17, 15) is 9.59 Å². The molecule has 0 unspecified atom stereocenters. The molecule has 0 aliphatic carbocycles. The Balaban J connectivity index is 1.68. The van der Waals surface area contributed by atoms with Crippen molar-refractivity contribution in [1.29, 1.82) is 0 Å². The molecule has 3 aromatic rings. The third kappa shape index (κ3) is 4.10. The summed E-state index contributed by atoms with van der Waals surface area (Å²) in [7, 11) is 0. The molecule has 0 aliphatic heterocycles. The van der Waals surface area contributed by atoms with Crippen LogP contribution in [0.1, 0.15) is 25.7 Å². The summed E-state index contributed by atoms with van der Waals surface area (Å²) in [5.41, 5.74) is 1.67. The van der Waals surface area contributed by atoms with E-state index in [1.54, 1.807) is 37.4 Å². The summed E-state index contributed by atoms with van der Waals surface area (Å²) in [5.74, 6) is -0.864. The molecule has 0 fully saturated rings. The standard InChI is InChI=1S/C18H13ClN2O3S/c1-11-16(25-17(21-11)14-4-2-3-9-20-14)18(23)24-10-15(22)12-5-7-13(19)8-6-12/h2-9H,10H2,1H3. The van der Waals surface area contributed by atoms with Crippen LogP contribution in [-0.2, 0) is 4.74 Å². The van der Waals surface area contributed by atoms with E-state index in [2.05, 4.69) is 9.97 Å². The third-order valence-corrected chi connectivity index (χ3v) is 4.78. The van der Waals surface area contributed by atoms with Crippen LogP contribution in [0.2, 0.25) is 5.02 Å². The number of benzene rings is 1. The summed E-state index contributed by atoms with van der Waals surface area (Å²) < 4.78 is 5.13. The molecule has 0 aliphatic rings. The van der Waals surface area contributed by atoms with Crippen LogP contribution in [0.5, 0.6) is 0 Å². The second kappa shape index (κ2) is 7.55. The van der Waals surface area contributed by atoms with Crippen LogP contribution in [0, 0.1) is 6.92 Å². The van der Waals surface area contributed by atoms with E-state index in [1.165, 1.54) is 11.3 Å². The smallest absolute Gasteiger partial charge is 0.350 e. The largest absolute Gasteiger partial charge is 0.453 e. The molecule has 0 N–H and O–H groups in total. The molecular weight excluding hydrogens is 360 g/mol. The van der Waals surface area contributed by atoms with Crippen LogP contribution in [0.15, 0.2) is 48.7 Å². The first-order chi connectivity index (χ1) is 12.0. The number of aryl methyl sites for hydroxylation is 1. The number of esters is 1. The summed E-state index contributed by atoms with van der Waals surface area (Å²) >= 11 is 6.98. The number of aromatic nitrogens is 2. The van der Waals surface area contributed by atoms with E-state index >= 15 is 0 Å². The number of rotatable bonds is 5. The quantitative estimate of drug-likeness (QED) is 0.495. The van der Waals surface area contributed by atoms with Gasteiger partial charge in [-0.3, -0.25) is 9.78 Å². The first kappa shape index (κ1) is 17.3. The zero-order valence-electron chi connectivity index (χ0n) is 13.2. The Morgan fingerprint density at radius 3 is 2.60 bits per heavy atom. The minimum absolute atomic E-state index is 0.294. The predicted octanol–water partition coefficient (Wildman–Crippen LogP) is 4.21. The van der Waals surface area contributed by atoms with Gasteiger partial charge in [0.15, 0.2) is 12.4 Å². The van der Waals surface area contributed by atoms with E-state index in [1.807, 2.05) is 18.2 Å². The highest BCUT2D eigenvalue weighted by molar-refractivity contribution is 7.17. The number of carbonyl (C=O) groups is 2. The van der Waals surface area contributed by atoms with Crippen LogP contribution in [0.3, 0.4) is 0 Å². The van der Waals surface area contributed by atoms with E-state index in [-0.39, 0.29) is 12.4 Å². The Morgan fingerprint density at radius 2 is 1.92 bits per heavy atom. The summed E-state index contributed by atoms with van der Waals surface area (Å²) in [4.78, 5) is 33.2. The maximum Gasteiger partial charge on any atom is 0.350 e. The van der Waals surface area contributed by atoms with Crippen LogP contribution in [-0.4, -0.2) is 28.3 Å². The molecule has 0 saturated heterocycles. The van der Waals surface area contributed by atoms with E-state index in [0.29, 0.717) is 31.9 Å². The highest BCUT2D eigenvalue weighted by Gasteiger charge is 2.19. The first-order valence-corrected chi connectivity index (χ1v) is 8.59. The van der Waals surface area contributed by atoms with Gasteiger partial charge < -0.3 is 4.74 Å². The van der Waals surface area contributed by atoms with Gasteiger partial charge in [0.25, 0.3) is 0 Å². The average molecular weight is 373 g/mol. The Labute approximate surface area is 153 Å². The minimum Gasteiger partial charge on any atom is -0.453 e. The molecule has 7 heteroatoms. The number of thiazole rings is 1. The SMILES string of the molecule is Cc1nc(-c2ccccn2)sc1C(=O)OCC(=O)c1ccc(Cl)cc1. The minimum atomic E-state index is -0.570. The van der Waals surface area contributed by atoms with Crippen molar-refractivity contribution < 1.29 is 14.3 Å². The second-order valence-electron chi connectivity index (χ2n) is 5.15. The van der Waals surface area contributed by atoms with Gasteiger partial charge in [0.05, 0.1) is 11.4 Å². The Hall–Kier alpha value is -2.57. The maximum absolute atomic E-state index is 12.3. The lowest BCUT2D eigenvalue weighted by molar-refractivity contribution is 0.0478. The topological polar surface area (TPSA) is 69.2 Å². The maximum atomic E-state index is 12.3. The molecule has 0 spiro atoms. The number of ether oxygens (including phenoxy) is 1. The van der Waals surface area contributed by atoms with E-state index < -0.39 is 5.97 Å². The van der Waals surface area contributed by atoms with Crippen molar-refractivity contribution in [3.63, 3.8) is 0 Å². The summed E-state index contributed by atoms with van der Waals surface area (Å²) in [5, 5.41) is 1.17. The summed E-state index contributed by atoms with van der Waals surface area (Å²) in [6.45, 7) is 1.39. The van der Waals surface area contributed by atoms with Crippen molar-refractivity contribution in [3.05, 3.63) is 69.8 Å². The molecular formula is C18H13ClN2O3S. The molecule has 1 aromatic carbocycles. The van der Waals surface area contributed by atoms with Gasteiger partial charge in [-0.15, -0.1) is 11.3 Å². The lowest BCUT2D eigenvalue weighted by Crippen LogP contribution is -2.14. The summed E-state index contributed by atoms with van der Waals surface area (Å²) in [6, 6.07) is 11.9. The fraction of sp³-hybridized carbons (Fsp3) is 0.111. The van der Waals surface area contributed by atoms with Gasteiger partial charge in [-0.1, -0.05) is 17.7 Å². The number of halogens is 1. The van der Waals surface area contributed by atoms with Crippen LogP contribution >= 0.6 is 22.9 Å². The fourth-order valence-electron chi connectivity index (χ4n) is 2.10. The predicted molar refractivity (Wildman–Crippen MR) is 96.1 cm³/mol. The molecule has 2 heterocycles. The zero-order chi connectivity index (χ0) is 17.8. The van der Waals surface area contributed by atoms with Crippen molar-refractivity contribution in [2.24, 2.45) is 0 Å². The average Bonchev–Trinajstić information content (AvgIpc) is 3.02. The second-order valence-corrected chi connectivity index (χ2v) is 6.59. The molecule has 126 valence electrons. The Morgan fingerprint density at radius 1 is 1.16 bits per heavy atom. The van der Waals surface area contributed by atoms with Crippen LogP contribution in [0.25, 0.3) is 10.7 Å². The number of pyridine rings is 1. The monoisotopic (exact) mass is 372 g/mol. The van der Waals surface area contributed by atoms with Crippen LogP contribution < -0.4 is 0 Å². The lowest BCUT2D eigenvalue weighted by Gasteiger charge is -2.03. The zero-order valence-corrected chi connectivity index (χ0v) is 14.8. The van der Waals surface area contributed by atoms with E-state index in [4.69, 9.17) is 16.3 Å². The molecule has 25 heavy (non-hydrogen) atoms. The van der Waals surface area contributed by atoms with Gasteiger partial charge in [-0.25, -0.2) is 9.78 Å². The number of carbonyl (C=O) groups excluding carboxylic acids is 2. The van der Waals surface area contributed by atoms with Gasteiger partial charge in [0.2, 0.25) is 0 Å². The van der Waals surface area contributed by atoms with E-state index in [0.717, 1.165) is 0 Å². The molecule has 0 radical (unpaired) electrons. The molecule has 0 atom stereocenters. The number of Topliss-reactive ketones (excluding diaryl/α,β-unsaturated/α-hetero) is 1. The van der Waals surface area contributed by atoms with Gasteiger partial charge in [-0.05, 0) is 43.3 Å². The normalized spacial score (nSPS) is 10.5. The van der Waals surface area contributed by atoms with Crippen molar-refractivity contribution in [1.82, 2.24) is 9.97 Å². The molecule has 3 rings (SSSR count). The van der Waals surface area contributed by atoms with Crippen molar-refractivity contribution in [3.8, 4) is 10.7 Å². The first-order valence-electron chi connectivity index (χ1n) is 7.39. The van der Waals surface area contributed by atoms with Gasteiger partial charge >= 0.3 is 5.97 Å².